The van der Waals surface area contributed by atoms with Gasteiger partial charge in [-0.25, -0.2) is 4.79 Å². The van der Waals surface area contributed by atoms with Crippen LogP contribution in [0.4, 0.5) is 0 Å². The highest BCUT2D eigenvalue weighted by Gasteiger charge is 2.52. The summed E-state index contributed by atoms with van der Waals surface area (Å²) in [5, 5.41) is 0. The lowest BCUT2D eigenvalue weighted by Gasteiger charge is -2.32. The topological polar surface area (TPSA) is 54.0 Å². The van der Waals surface area contributed by atoms with Gasteiger partial charge in [0.1, 0.15) is 5.75 Å². The Hall–Kier alpha value is -2.31. The first kappa shape index (κ1) is 22.4. The Kier molecular flexibility index (Phi) is 6.30. The molecule has 0 radical (unpaired) electrons. The molecule has 0 amide bonds. The summed E-state index contributed by atoms with van der Waals surface area (Å²) in [5.41, 5.74) is 3.86. The van der Waals surface area contributed by atoms with Crippen LogP contribution >= 0.6 is 0 Å². The molecule has 5 nitrogen and oxygen atoms in total. The first-order valence-electron chi connectivity index (χ1n) is 10.3. The smallest absolute Gasteiger partial charge is 0.494 e. The normalized spacial score (nSPS) is 17.1. The fourth-order valence-electron chi connectivity index (χ4n) is 3.57. The van der Waals surface area contributed by atoms with Crippen LogP contribution in [0.25, 0.3) is 0 Å². The van der Waals surface area contributed by atoms with Crippen molar-refractivity contribution in [2.24, 2.45) is 0 Å². The largest absolute Gasteiger partial charge is 0.498 e. The van der Waals surface area contributed by atoms with Crippen molar-refractivity contribution in [3.8, 4) is 5.75 Å². The van der Waals surface area contributed by atoms with Crippen molar-refractivity contribution >= 4 is 18.6 Å². The van der Waals surface area contributed by atoms with Crippen LogP contribution in [0.3, 0.4) is 0 Å². The highest BCUT2D eigenvalue weighted by Crippen LogP contribution is 2.37. The fourth-order valence-corrected chi connectivity index (χ4v) is 3.57. The number of methoxy groups -OCH3 is 1. The monoisotopic (exact) mass is 410 g/mol. The van der Waals surface area contributed by atoms with E-state index in [1.807, 2.05) is 27.7 Å². The first-order chi connectivity index (χ1) is 14.0. The fraction of sp³-hybridized carbons (Fsp3) is 0.458. The second-order valence-electron chi connectivity index (χ2n) is 8.93. The van der Waals surface area contributed by atoms with Crippen molar-refractivity contribution < 1.29 is 23.6 Å². The van der Waals surface area contributed by atoms with E-state index in [9.17, 15) is 4.79 Å². The zero-order valence-corrected chi connectivity index (χ0v) is 19.0. The number of hydrogen-bond acceptors (Lipinski definition) is 5. The predicted octanol–water partition coefficient (Wildman–Crippen LogP) is 4.01. The number of rotatable bonds is 6. The van der Waals surface area contributed by atoms with Crippen molar-refractivity contribution in [3.05, 3.63) is 58.7 Å². The number of ether oxygens (including phenoxy) is 2. The second kappa shape index (κ2) is 8.44. The minimum absolute atomic E-state index is 0.408. The van der Waals surface area contributed by atoms with Gasteiger partial charge in [0.25, 0.3) is 0 Å². The number of carbonyl (C=O) groups is 1. The van der Waals surface area contributed by atoms with Crippen LogP contribution in [0.1, 0.15) is 54.7 Å². The van der Waals surface area contributed by atoms with Crippen molar-refractivity contribution in [2.45, 2.75) is 59.2 Å². The quantitative estimate of drug-likeness (QED) is 0.532. The van der Waals surface area contributed by atoms with E-state index < -0.39 is 24.3 Å². The molecule has 2 aromatic rings. The van der Waals surface area contributed by atoms with E-state index in [2.05, 4.69) is 32.0 Å². The molecule has 3 rings (SSSR count). The molecule has 1 saturated heterocycles. The summed E-state index contributed by atoms with van der Waals surface area (Å²) in [6.45, 7) is 12.7. The maximum absolute atomic E-state index is 12.1. The number of esters is 1. The molecular formula is C24H31BO5. The third-order valence-electron chi connectivity index (χ3n) is 5.87. The van der Waals surface area contributed by atoms with Gasteiger partial charge in [-0.15, -0.1) is 0 Å². The lowest BCUT2D eigenvalue weighted by atomic mass is 9.77. The molecule has 30 heavy (non-hydrogen) atoms. The van der Waals surface area contributed by atoms with Crippen molar-refractivity contribution in [3.63, 3.8) is 0 Å². The van der Waals surface area contributed by atoms with E-state index in [0.717, 1.165) is 6.42 Å². The molecule has 1 fully saturated rings. The summed E-state index contributed by atoms with van der Waals surface area (Å²) >= 11 is 0. The van der Waals surface area contributed by atoms with Crippen LogP contribution in [-0.4, -0.2) is 38.0 Å². The van der Waals surface area contributed by atoms with Crippen molar-refractivity contribution in [1.82, 2.24) is 0 Å². The van der Waals surface area contributed by atoms with Crippen LogP contribution in [0.15, 0.2) is 36.4 Å². The number of aryl methyl sites for hydroxylation is 2. The molecule has 1 aliphatic heterocycles. The highest BCUT2D eigenvalue weighted by molar-refractivity contribution is 6.63. The van der Waals surface area contributed by atoms with Crippen molar-refractivity contribution in [2.75, 3.05) is 13.7 Å². The number of benzene rings is 2. The Balaban J connectivity index is 1.84. The third-order valence-corrected chi connectivity index (χ3v) is 5.87. The zero-order chi connectivity index (χ0) is 22.1. The second-order valence-corrected chi connectivity index (χ2v) is 8.93. The maximum Gasteiger partial charge on any atom is 0.498 e. The van der Waals surface area contributed by atoms with Crippen LogP contribution in [0, 0.1) is 13.8 Å². The van der Waals surface area contributed by atoms with E-state index in [0.29, 0.717) is 23.4 Å². The summed E-state index contributed by atoms with van der Waals surface area (Å²) < 4.78 is 23.4. The zero-order valence-electron chi connectivity index (χ0n) is 19.0. The van der Waals surface area contributed by atoms with E-state index in [1.165, 1.54) is 23.8 Å². The Bertz CT molecular complexity index is 899. The lowest BCUT2D eigenvalue weighted by Crippen LogP contribution is -2.41. The van der Waals surface area contributed by atoms with E-state index in [-0.39, 0.29) is 0 Å². The Morgan fingerprint density at radius 2 is 1.57 bits per heavy atom. The molecule has 160 valence electrons. The van der Waals surface area contributed by atoms with Gasteiger partial charge in [-0.2, -0.15) is 0 Å². The van der Waals surface area contributed by atoms with Crippen LogP contribution in [0.2, 0.25) is 0 Å². The van der Waals surface area contributed by atoms with E-state index >= 15 is 0 Å². The molecule has 2 aromatic carbocycles. The van der Waals surface area contributed by atoms with E-state index in [4.69, 9.17) is 18.8 Å². The van der Waals surface area contributed by atoms with Gasteiger partial charge in [-0.05, 0) is 65.3 Å². The molecule has 0 bridgehead atoms. The van der Waals surface area contributed by atoms with Crippen molar-refractivity contribution in [1.29, 1.82) is 0 Å². The molecule has 6 heteroatoms. The Labute approximate surface area is 179 Å². The summed E-state index contributed by atoms with van der Waals surface area (Å²) in [5.74, 6) is 0.236. The van der Waals surface area contributed by atoms with Gasteiger partial charge in [0.05, 0.1) is 30.5 Å². The standard InChI is InChI=1S/C24H31BO5/c1-16-12-17(2)14-18(13-16)10-11-28-21-9-8-19(22(26)27-7)15-20(21)25-29-23(3,4)24(5,6)30-25/h8-9,12-15H,10-11H2,1-7H3. The Morgan fingerprint density at radius 1 is 0.967 bits per heavy atom. The van der Waals surface area contributed by atoms with Gasteiger partial charge >= 0.3 is 13.1 Å². The molecule has 1 heterocycles. The number of carbonyl (C=O) groups excluding carboxylic acids is 1. The molecule has 0 unspecified atom stereocenters. The molecule has 0 atom stereocenters. The van der Waals surface area contributed by atoms with Gasteiger partial charge in [0.15, 0.2) is 0 Å². The maximum atomic E-state index is 12.1. The first-order valence-corrected chi connectivity index (χ1v) is 10.3. The van der Waals surface area contributed by atoms with Gasteiger partial charge in [-0.3, -0.25) is 0 Å². The van der Waals surface area contributed by atoms with Gasteiger partial charge < -0.3 is 18.8 Å². The minimum atomic E-state index is -0.629. The molecule has 1 aliphatic rings. The van der Waals surface area contributed by atoms with Gasteiger partial charge in [0, 0.05) is 11.9 Å². The molecule has 0 saturated carbocycles. The average molecular weight is 410 g/mol. The molecule has 0 spiro atoms. The highest BCUT2D eigenvalue weighted by atomic mass is 16.7. The summed E-state index contributed by atoms with van der Waals surface area (Å²) in [6, 6.07) is 11.7. The average Bonchev–Trinajstić information content (AvgIpc) is 2.87. The van der Waals surface area contributed by atoms with Gasteiger partial charge in [0.2, 0.25) is 0 Å². The van der Waals surface area contributed by atoms with Gasteiger partial charge in [-0.1, -0.05) is 29.3 Å². The summed E-state index contributed by atoms with van der Waals surface area (Å²) in [7, 11) is 0.737. The molecule has 0 aromatic heterocycles. The molecular weight excluding hydrogens is 379 g/mol. The third kappa shape index (κ3) is 4.71. The van der Waals surface area contributed by atoms with Crippen LogP contribution in [-0.2, 0) is 20.5 Å². The summed E-state index contributed by atoms with van der Waals surface area (Å²) in [4.78, 5) is 12.1. The summed E-state index contributed by atoms with van der Waals surface area (Å²) in [6.07, 6.45) is 0.782. The van der Waals surface area contributed by atoms with Crippen LogP contribution < -0.4 is 10.2 Å². The molecule has 0 aliphatic carbocycles. The molecule has 0 N–H and O–H groups in total. The SMILES string of the molecule is COC(=O)c1ccc(OCCc2cc(C)cc(C)c2)c(B2OC(C)(C)C(C)(C)O2)c1. The predicted molar refractivity (Wildman–Crippen MR) is 119 cm³/mol. The van der Waals surface area contributed by atoms with E-state index in [1.54, 1.807) is 18.2 Å². The lowest BCUT2D eigenvalue weighted by molar-refractivity contribution is 0.00578. The van der Waals surface area contributed by atoms with Crippen LogP contribution in [0.5, 0.6) is 5.75 Å². The Morgan fingerprint density at radius 3 is 2.13 bits per heavy atom. The number of hydrogen-bond donors (Lipinski definition) is 0. The minimum Gasteiger partial charge on any atom is -0.494 e.